The van der Waals surface area contributed by atoms with Gasteiger partial charge in [-0.25, -0.2) is 13.4 Å². The molecular weight excluding hydrogens is 322 g/mol. The highest BCUT2D eigenvalue weighted by atomic mass is 32.2. The van der Waals surface area contributed by atoms with Crippen LogP contribution in [0.1, 0.15) is 18.4 Å². The van der Waals surface area contributed by atoms with Crippen LogP contribution >= 0.6 is 0 Å². The van der Waals surface area contributed by atoms with E-state index < -0.39 is 9.84 Å². The van der Waals surface area contributed by atoms with Crippen LogP contribution in [0, 0.1) is 0 Å². The average Bonchev–Trinajstić information content (AvgIpc) is 2.54. The molecule has 0 atom stereocenters. The molecule has 0 saturated carbocycles. The van der Waals surface area contributed by atoms with Crippen molar-refractivity contribution in [1.82, 2.24) is 9.88 Å². The smallest absolute Gasteiger partial charge is 0.150 e. The van der Waals surface area contributed by atoms with Crippen LogP contribution in [0.3, 0.4) is 0 Å². The summed E-state index contributed by atoms with van der Waals surface area (Å²) >= 11 is 0. The molecule has 1 aromatic heterocycles. The second-order valence-corrected chi connectivity index (χ2v) is 9.18. The normalized spacial score (nSPS) is 17.3. The summed E-state index contributed by atoms with van der Waals surface area (Å²) in [5.74, 6) is 0.977. The van der Waals surface area contributed by atoms with E-state index in [1.165, 1.54) is 17.2 Å². The third-order valence-electron chi connectivity index (χ3n) is 4.81. The molecule has 24 heavy (non-hydrogen) atoms. The van der Waals surface area contributed by atoms with E-state index in [1.807, 2.05) is 31.3 Å². The van der Waals surface area contributed by atoms with Gasteiger partial charge in [0.2, 0.25) is 0 Å². The van der Waals surface area contributed by atoms with Gasteiger partial charge in [-0.3, -0.25) is 4.90 Å². The maximum atomic E-state index is 11.7. The first-order chi connectivity index (χ1) is 11.4. The Labute approximate surface area is 144 Å². The first-order valence-electron chi connectivity index (χ1n) is 8.31. The fourth-order valence-electron chi connectivity index (χ4n) is 3.46. The van der Waals surface area contributed by atoms with E-state index in [0.717, 1.165) is 43.7 Å². The van der Waals surface area contributed by atoms with Gasteiger partial charge in [0, 0.05) is 38.5 Å². The second kappa shape index (κ2) is 6.69. The monoisotopic (exact) mass is 347 g/mol. The summed E-state index contributed by atoms with van der Waals surface area (Å²) in [5.41, 5.74) is 1.20. The number of hydrogen-bond acceptors (Lipinski definition) is 5. The maximum Gasteiger partial charge on any atom is 0.150 e. The number of likely N-dealkylation sites (tertiary alicyclic amines) is 1. The van der Waals surface area contributed by atoms with Crippen molar-refractivity contribution in [2.24, 2.45) is 0 Å². The van der Waals surface area contributed by atoms with E-state index in [1.54, 1.807) is 0 Å². The van der Waals surface area contributed by atoms with Crippen molar-refractivity contribution in [1.29, 1.82) is 0 Å². The minimum atomic E-state index is -2.92. The van der Waals surface area contributed by atoms with Gasteiger partial charge in [0.15, 0.2) is 0 Å². The predicted octanol–water partition coefficient (Wildman–Crippen LogP) is 2.31. The highest BCUT2D eigenvalue weighted by Crippen LogP contribution is 2.28. The summed E-state index contributed by atoms with van der Waals surface area (Å²) in [5, 5.41) is 2.20. The Morgan fingerprint density at radius 2 is 1.79 bits per heavy atom. The number of fused-ring (bicyclic) bond motifs is 1. The Kier molecular flexibility index (Phi) is 4.78. The molecule has 3 rings (SSSR count). The largest absolute Gasteiger partial charge is 0.362 e. The standard InChI is InChI=1S/C18H25N3O2S/c1-20(2)18-17-7-5-4-6-16(17)14(12-19-18)13-21-10-8-15(9-11-21)24(3,22)23/h4-7,12,15H,8-11,13H2,1-3H3. The van der Waals surface area contributed by atoms with Gasteiger partial charge in [-0.1, -0.05) is 24.3 Å². The zero-order valence-electron chi connectivity index (χ0n) is 14.6. The molecule has 1 aliphatic rings. The van der Waals surface area contributed by atoms with Gasteiger partial charge >= 0.3 is 0 Å². The summed E-state index contributed by atoms with van der Waals surface area (Å²) in [6.07, 6.45) is 4.75. The third-order valence-corrected chi connectivity index (χ3v) is 6.50. The molecule has 0 amide bonds. The summed E-state index contributed by atoms with van der Waals surface area (Å²) in [6, 6.07) is 8.35. The fraction of sp³-hybridized carbons (Fsp3) is 0.500. The van der Waals surface area contributed by atoms with Gasteiger partial charge in [-0.2, -0.15) is 0 Å². The summed E-state index contributed by atoms with van der Waals surface area (Å²) < 4.78 is 23.4. The topological polar surface area (TPSA) is 53.5 Å². The molecule has 0 radical (unpaired) electrons. The average molecular weight is 347 g/mol. The quantitative estimate of drug-likeness (QED) is 0.849. The van der Waals surface area contributed by atoms with Gasteiger partial charge in [0.25, 0.3) is 0 Å². The highest BCUT2D eigenvalue weighted by Gasteiger charge is 2.26. The molecule has 2 heterocycles. The fourth-order valence-corrected chi connectivity index (χ4v) is 4.52. The second-order valence-electron chi connectivity index (χ2n) is 6.85. The Morgan fingerprint density at radius 1 is 1.17 bits per heavy atom. The lowest BCUT2D eigenvalue weighted by molar-refractivity contribution is 0.223. The molecule has 0 spiro atoms. The molecule has 2 aromatic rings. The van der Waals surface area contributed by atoms with Gasteiger partial charge in [-0.05, 0) is 36.9 Å². The van der Waals surface area contributed by atoms with Crippen LogP contribution in [-0.4, -0.2) is 57.0 Å². The molecule has 1 aliphatic heterocycles. The molecule has 5 nitrogen and oxygen atoms in total. The Morgan fingerprint density at radius 3 is 2.38 bits per heavy atom. The van der Waals surface area contributed by atoms with Gasteiger partial charge in [0.1, 0.15) is 15.7 Å². The number of sulfone groups is 1. The maximum absolute atomic E-state index is 11.7. The van der Waals surface area contributed by atoms with Crippen LogP contribution in [0.4, 0.5) is 5.82 Å². The van der Waals surface area contributed by atoms with Crippen molar-refractivity contribution in [2.75, 3.05) is 38.3 Å². The van der Waals surface area contributed by atoms with E-state index in [9.17, 15) is 8.42 Å². The molecule has 0 bridgehead atoms. The van der Waals surface area contributed by atoms with Crippen molar-refractivity contribution >= 4 is 26.4 Å². The van der Waals surface area contributed by atoms with E-state index in [2.05, 4.69) is 28.1 Å². The first kappa shape index (κ1) is 17.2. The first-order valence-corrected chi connectivity index (χ1v) is 10.3. The van der Waals surface area contributed by atoms with Gasteiger partial charge < -0.3 is 4.90 Å². The molecule has 130 valence electrons. The van der Waals surface area contributed by atoms with Crippen molar-refractivity contribution in [3.05, 3.63) is 36.0 Å². The molecule has 6 heteroatoms. The van der Waals surface area contributed by atoms with Crippen molar-refractivity contribution < 1.29 is 8.42 Å². The van der Waals surface area contributed by atoms with Crippen LogP contribution in [-0.2, 0) is 16.4 Å². The predicted molar refractivity (Wildman–Crippen MR) is 99.2 cm³/mol. The Hall–Kier alpha value is -1.66. The molecule has 0 N–H and O–H groups in total. The Bertz CT molecular complexity index is 825. The zero-order chi connectivity index (χ0) is 17.3. The van der Waals surface area contributed by atoms with E-state index >= 15 is 0 Å². The van der Waals surface area contributed by atoms with E-state index in [4.69, 9.17) is 0 Å². The van der Waals surface area contributed by atoms with Crippen molar-refractivity contribution in [3.63, 3.8) is 0 Å². The van der Waals surface area contributed by atoms with Crippen molar-refractivity contribution in [3.8, 4) is 0 Å². The van der Waals surface area contributed by atoms with Crippen LogP contribution in [0.2, 0.25) is 0 Å². The molecule has 0 unspecified atom stereocenters. The highest BCUT2D eigenvalue weighted by molar-refractivity contribution is 7.91. The number of piperidine rings is 1. The minimum Gasteiger partial charge on any atom is -0.362 e. The number of benzene rings is 1. The lowest BCUT2D eigenvalue weighted by Gasteiger charge is -2.31. The Balaban J connectivity index is 1.81. The van der Waals surface area contributed by atoms with Gasteiger partial charge in [0.05, 0.1) is 5.25 Å². The van der Waals surface area contributed by atoms with Crippen LogP contribution in [0.25, 0.3) is 10.8 Å². The minimum absolute atomic E-state index is 0.181. The summed E-state index contributed by atoms with van der Waals surface area (Å²) in [6.45, 7) is 2.46. The number of hydrogen-bond donors (Lipinski definition) is 0. The molecule has 1 aromatic carbocycles. The summed E-state index contributed by atoms with van der Waals surface area (Å²) in [7, 11) is 1.09. The number of anilines is 1. The SMILES string of the molecule is CN(C)c1ncc(CN2CCC(S(C)(=O)=O)CC2)c2ccccc12. The molecule has 1 saturated heterocycles. The third kappa shape index (κ3) is 3.54. The molecule has 1 fully saturated rings. The number of nitrogens with zero attached hydrogens (tertiary/aromatic N) is 3. The zero-order valence-corrected chi connectivity index (χ0v) is 15.4. The van der Waals surface area contributed by atoms with E-state index in [0.29, 0.717) is 0 Å². The lowest BCUT2D eigenvalue weighted by Crippen LogP contribution is -2.38. The molecule has 0 aliphatic carbocycles. The van der Waals surface area contributed by atoms with Crippen LogP contribution in [0.15, 0.2) is 30.5 Å². The van der Waals surface area contributed by atoms with E-state index in [-0.39, 0.29) is 5.25 Å². The molecular formula is C18H25N3O2S. The summed E-state index contributed by atoms with van der Waals surface area (Å²) in [4.78, 5) is 8.99. The lowest BCUT2D eigenvalue weighted by atomic mass is 10.0. The number of rotatable bonds is 4. The number of aromatic nitrogens is 1. The van der Waals surface area contributed by atoms with Crippen molar-refractivity contribution in [2.45, 2.75) is 24.6 Å². The van der Waals surface area contributed by atoms with Crippen LogP contribution in [0.5, 0.6) is 0 Å². The number of pyridine rings is 1. The van der Waals surface area contributed by atoms with Crippen LogP contribution < -0.4 is 4.90 Å². The van der Waals surface area contributed by atoms with Gasteiger partial charge in [-0.15, -0.1) is 0 Å².